The third-order valence-corrected chi connectivity index (χ3v) is 7.58. The van der Waals surface area contributed by atoms with E-state index >= 15 is 0 Å². The summed E-state index contributed by atoms with van der Waals surface area (Å²) in [6, 6.07) is 20.9. The fraction of sp³-hybridized carbons (Fsp3) is 0.382. The van der Waals surface area contributed by atoms with Gasteiger partial charge in [0.1, 0.15) is 35.7 Å². The van der Waals surface area contributed by atoms with Crippen LogP contribution in [0.5, 0.6) is 23.0 Å². The van der Waals surface area contributed by atoms with Crippen LogP contribution in [-0.2, 0) is 4.79 Å². The molecule has 3 aromatic carbocycles. The van der Waals surface area contributed by atoms with Gasteiger partial charge in [-0.2, -0.15) is 0 Å². The number of carbonyl (C=O) groups is 1. The molecule has 0 radical (unpaired) electrons. The van der Waals surface area contributed by atoms with Crippen molar-refractivity contribution < 1.29 is 24.1 Å². The first kappa shape index (κ1) is 27.8. The van der Waals surface area contributed by atoms with E-state index in [2.05, 4.69) is 11.8 Å². The molecule has 1 saturated heterocycles. The first-order chi connectivity index (χ1) is 19.2. The number of phenolic OH excluding ortho intramolecular Hbond substituents is 1. The highest BCUT2D eigenvalue weighted by Crippen LogP contribution is 2.47. The lowest BCUT2D eigenvalue weighted by atomic mass is 9.86. The number of nitrogens with zero attached hydrogens (tertiary/aromatic N) is 1. The number of hydrogen-bond acceptors (Lipinski definition) is 6. The Labute approximate surface area is 237 Å². The first-order valence-electron chi connectivity index (χ1n) is 14.2. The number of phenols is 1. The van der Waals surface area contributed by atoms with E-state index in [4.69, 9.17) is 14.2 Å². The lowest BCUT2D eigenvalue weighted by Gasteiger charge is -2.31. The zero-order valence-electron chi connectivity index (χ0n) is 23.9. The Kier molecular flexibility index (Phi) is 8.17. The Morgan fingerprint density at radius 1 is 0.950 bits per heavy atom. The molecular weight excluding hydrogens is 502 g/mol. The van der Waals surface area contributed by atoms with E-state index in [-0.39, 0.29) is 17.8 Å². The van der Waals surface area contributed by atoms with Crippen LogP contribution in [0.2, 0.25) is 0 Å². The molecule has 0 unspecified atom stereocenters. The molecule has 210 valence electrons. The molecule has 0 amide bonds. The molecule has 0 spiro atoms. The highest BCUT2D eigenvalue weighted by molar-refractivity contribution is 5.95. The van der Waals surface area contributed by atoms with Gasteiger partial charge in [0.2, 0.25) is 0 Å². The number of likely N-dealkylation sites (tertiary alicyclic amines) is 1. The van der Waals surface area contributed by atoms with E-state index in [1.165, 1.54) is 19.3 Å². The minimum atomic E-state index is -0.585. The van der Waals surface area contributed by atoms with Gasteiger partial charge in [-0.3, -0.25) is 9.69 Å². The molecule has 5 rings (SSSR count). The zero-order chi connectivity index (χ0) is 28.3. The molecule has 2 heterocycles. The molecule has 0 bridgehead atoms. The summed E-state index contributed by atoms with van der Waals surface area (Å²) in [4.78, 5) is 14.8. The Hall–Kier alpha value is -3.77. The molecule has 0 aromatic heterocycles. The standard InChI is InChI=1S/C34H39NO5/c1-23-29-17-12-26(36)22-30(29)40-32(31(23)24-8-15-28(16-9-24)39-33(37)34(2,3)4)25-10-13-27(14-11-25)38-21-20-35-18-6-5-7-19-35/h8-17,22,32,36H,5-7,18-21H2,1-4H3/t32-/m1/s1. The number of fused-ring (bicyclic) bond motifs is 1. The van der Waals surface area contributed by atoms with Crippen LogP contribution in [0.4, 0.5) is 0 Å². The summed E-state index contributed by atoms with van der Waals surface area (Å²) >= 11 is 0. The number of hydrogen-bond donors (Lipinski definition) is 1. The van der Waals surface area contributed by atoms with E-state index in [1.807, 2.05) is 75.4 Å². The maximum Gasteiger partial charge on any atom is 0.316 e. The van der Waals surface area contributed by atoms with Crippen LogP contribution >= 0.6 is 0 Å². The van der Waals surface area contributed by atoms with E-state index in [0.717, 1.165) is 53.2 Å². The Morgan fingerprint density at radius 2 is 1.62 bits per heavy atom. The number of allylic oxidation sites excluding steroid dienone is 1. The number of piperidine rings is 1. The maximum atomic E-state index is 12.4. The second-order valence-electron chi connectivity index (χ2n) is 11.7. The molecule has 40 heavy (non-hydrogen) atoms. The number of carbonyl (C=O) groups excluding carboxylic acids is 1. The molecule has 6 nitrogen and oxygen atoms in total. The number of aromatic hydroxyl groups is 1. The predicted octanol–water partition coefficient (Wildman–Crippen LogP) is 7.27. The molecule has 2 aliphatic heterocycles. The molecule has 1 fully saturated rings. The summed E-state index contributed by atoms with van der Waals surface area (Å²) in [7, 11) is 0. The van der Waals surface area contributed by atoms with Gasteiger partial charge in [0.15, 0.2) is 0 Å². The Bertz CT molecular complexity index is 1360. The number of benzene rings is 3. The molecule has 3 aromatic rings. The van der Waals surface area contributed by atoms with Crippen molar-refractivity contribution in [1.82, 2.24) is 4.90 Å². The van der Waals surface area contributed by atoms with Crippen molar-refractivity contribution in [3.63, 3.8) is 0 Å². The first-order valence-corrected chi connectivity index (χ1v) is 14.2. The quantitative estimate of drug-likeness (QED) is 0.251. The topological polar surface area (TPSA) is 68.2 Å². The SMILES string of the molecule is CC1=C(c2ccc(OC(=O)C(C)(C)C)cc2)[C@@H](c2ccc(OCCN3CCCCC3)cc2)Oc2cc(O)ccc21. The summed E-state index contributed by atoms with van der Waals surface area (Å²) in [5.41, 5.74) is 4.38. The molecular formula is C34H39NO5. The van der Waals surface area contributed by atoms with Gasteiger partial charge in [-0.25, -0.2) is 0 Å². The molecule has 2 aliphatic rings. The van der Waals surface area contributed by atoms with Crippen molar-refractivity contribution in [3.8, 4) is 23.0 Å². The minimum absolute atomic E-state index is 0.163. The van der Waals surface area contributed by atoms with Crippen LogP contribution in [0, 0.1) is 5.41 Å². The van der Waals surface area contributed by atoms with Gasteiger partial charge in [-0.1, -0.05) is 30.7 Å². The van der Waals surface area contributed by atoms with Gasteiger partial charge in [-0.15, -0.1) is 0 Å². The van der Waals surface area contributed by atoms with Crippen LogP contribution in [0.3, 0.4) is 0 Å². The summed E-state index contributed by atoms with van der Waals surface area (Å²) in [6.07, 6.45) is 3.49. The number of ether oxygens (including phenoxy) is 3. The maximum absolute atomic E-state index is 12.4. The van der Waals surface area contributed by atoms with Crippen LogP contribution in [0.25, 0.3) is 11.1 Å². The van der Waals surface area contributed by atoms with Crippen LogP contribution in [0.1, 0.15) is 69.8 Å². The summed E-state index contributed by atoms with van der Waals surface area (Å²) in [5, 5.41) is 10.1. The summed E-state index contributed by atoms with van der Waals surface area (Å²) < 4.78 is 18.2. The monoisotopic (exact) mass is 541 g/mol. The summed E-state index contributed by atoms with van der Waals surface area (Å²) in [5.74, 6) is 1.87. The van der Waals surface area contributed by atoms with Gasteiger partial charge in [0.05, 0.1) is 5.41 Å². The van der Waals surface area contributed by atoms with Crippen molar-refractivity contribution in [2.75, 3.05) is 26.2 Å². The van der Waals surface area contributed by atoms with Crippen LogP contribution < -0.4 is 14.2 Å². The Morgan fingerprint density at radius 3 is 2.30 bits per heavy atom. The van der Waals surface area contributed by atoms with Crippen LogP contribution in [0.15, 0.2) is 66.7 Å². The molecule has 0 saturated carbocycles. The third kappa shape index (κ3) is 6.34. The molecule has 1 N–H and O–H groups in total. The molecule has 0 aliphatic carbocycles. The van der Waals surface area contributed by atoms with Crippen LogP contribution in [-0.4, -0.2) is 42.2 Å². The van der Waals surface area contributed by atoms with Crippen molar-refractivity contribution in [2.24, 2.45) is 5.41 Å². The lowest BCUT2D eigenvalue weighted by Crippen LogP contribution is -2.33. The summed E-state index contributed by atoms with van der Waals surface area (Å²) in [6.45, 7) is 11.5. The highest BCUT2D eigenvalue weighted by Gasteiger charge is 2.30. The van der Waals surface area contributed by atoms with Gasteiger partial charge in [0, 0.05) is 23.7 Å². The average Bonchev–Trinajstić information content (AvgIpc) is 2.94. The van der Waals surface area contributed by atoms with Gasteiger partial charge in [-0.05, 0) is 107 Å². The highest BCUT2D eigenvalue weighted by atomic mass is 16.5. The van der Waals surface area contributed by atoms with Crippen molar-refractivity contribution >= 4 is 17.1 Å². The van der Waals surface area contributed by atoms with E-state index in [1.54, 1.807) is 12.1 Å². The number of rotatable bonds is 7. The lowest BCUT2D eigenvalue weighted by molar-refractivity contribution is -0.143. The smallest absolute Gasteiger partial charge is 0.316 e. The average molecular weight is 542 g/mol. The third-order valence-electron chi connectivity index (χ3n) is 7.58. The van der Waals surface area contributed by atoms with E-state index in [0.29, 0.717) is 18.1 Å². The molecule has 6 heteroatoms. The van der Waals surface area contributed by atoms with Gasteiger partial charge in [0.25, 0.3) is 0 Å². The second-order valence-corrected chi connectivity index (χ2v) is 11.7. The van der Waals surface area contributed by atoms with Crippen molar-refractivity contribution in [3.05, 3.63) is 83.4 Å². The minimum Gasteiger partial charge on any atom is -0.508 e. The van der Waals surface area contributed by atoms with Crippen molar-refractivity contribution in [1.29, 1.82) is 0 Å². The van der Waals surface area contributed by atoms with Gasteiger partial charge >= 0.3 is 5.97 Å². The number of esters is 1. The normalized spacial score (nSPS) is 17.6. The molecule has 1 atom stereocenters. The van der Waals surface area contributed by atoms with Crippen molar-refractivity contribution in [2.45, 2.75) is 53.1 Å². The largest absolute Gasteiger partial charge is 0.508 e. The Balaban J connectivity index is 1.39. The second kappa shape index (κ2) is 11.8. The fourth-order valence-corrected chi connectivity index (χ4v) is 5.23. The van der Waals surface area contributed by atoms with E-state index < -0.39 is 5.41 Å². The fourth-order valence-electron chi connectivity index (χ4n) is 5.23. The zero-order valence-corrected chi connectivity index (χ0v) is 23.9. The van der Waals surface area contributed by atoms with Gasteiger partial charge < -0.3 is 19.3 Å². The predicted molar refractivity (Wildman–Crippen MR) is 158 cm³/mol. The van der Waals surface area contributed by atoms with E-state index in [9.17, 15) is 9.90 Å².